The summed E-state index contributed by atoms with van der Waals surface area (Å²) in [6, 6.07) is 1.27. The number of anilines is 2. The summed E-state index contributed by atoms with van der Waals surface area (Å²) < 4.78 is 26.8. The molecule has 0 saturated heterocycles. The van der Waals surface area contributed by atoms with E-state index in [1.165, 1.54) is 23.6 Å². The van der Waals surface area contributed by atoms with Gasteiger partial charge >= 0.3 is 0 Å². The van der Waals surface area contributed by atoms with Gasteiger partial charge in [0.05, 0.1) is 10.7 Å². The van der Waals surface area contributed by atoms with Crippen molar-refractivity contribution in [3.8, 4) is 0 Å². The van der Waals surface area contributed by atoms with E-state index in [0.29, 0.717) is 11.0 Å². The highest BCUT2D eigenvalue weighted by atomic mass is 35.5. The number of nitrogens with zero attached hydrogens (tertiary/aromatic N) is 2. The summed E-state index contributed by atoms with van der Waals surface area (Å²) >= 11 is 7.05. The van der Waals surface area contributed by atoms with E-state index in [-0.39, 0.29) is 15.7 Å². The molecular weight excluding hydrogens is 320 g/mol. The average Bonchev–Trinajstić information content (AvgIpc) is 3.14. The van der Waals surface area contributed by atoms with Crippen LogP contribution >= 0.6 is 22.9 Å². The Morgan fingerprint density at radius 2 is 2.20 bits per heavy atom. The van der Waals surface area contributed by atoms with Crippen molar-refractivity contribution in [2.24, 2.45) is 0 Å². The quantitative estimate of drug-likeness (QED) is 0.897. The molecule has 0 bridgehead atoms. The first-order valence-corrected chi connectivity index (χ1v) is 8.59. The van der Waals surface area contributed by atoms with Crippen LogP contribution in [-0.4, -0.2) is 18.4 Å². The lowest BCUT2D eigenvalue weighted by atomic mass is 10.3. The Kier molecular flexibility index (Phi) is 3.31. The fraction of sp³-hybridized carbons (Fsp3) is 0.273. The average molecular weight is 331 g/mol. The lowest BCUT2D eigenvalue weighted by Gasteiger charge is -2.05. The van der Waals surface area contributed by atoms with E-state index in [4.69, 9.17) is 17.3 Å². The molecule has 6 nitrogen and oxygen atoms in total. The molecule has 0 aliphatic heterocycles. The molecule has 2 aromatic heterocycles. The molecule has 1 fully saturated rings. The summed E-state index contributed by atoms with van der Waals surface area (Å²) in [6.45, 7) is 0. The van der Waals surface area contributed by atoms with E-state index in [0.717, 1.165) is 18.5 Å². The van der Waals surface area contributed by atoms with E-state index in [2.05, 4.69) is 14.7 Å². The van der Waals surface area contributed by atoms with E-state index in [9.17, 15) is 8.42 Å². The number of hydrogen-bond acceptors (Lipinski definition) is 6. The Morgan fingerprint density at radius 1 is 1.45 bits per heavy atom. The van der Waals surface area contributed by atoms with Gasteiger partial charge in [-0.2, -0.15) is 0 Å². The number of pyridine rings is 1. The lowest BCUT2D eigenvalue weighted by molar-refractivity contribution is 0.601. The third-order valence-corrected chi connectivity index (χ3v) is 5.41. The number of rotatable bonds is 4. The van der Waals surface area contributed by atoms with Crippen molar-refractivity contribution in [1.29, 1.82) is 0 Å². The molecule has 0 atom stereocenters. The van der Waals surface area contributed by atoms with Gasteiger partial charge in [-0.05, 0) is 18.9 Å². The number of halogens is 1. The molecule has 0 radical (unpaired) electrons. The number of hydrogen-bond donors (Lipinski definition) is 2. The van der Waals surface area contributed by atoms with E-state index < -0.39 is 10.0 Å². The first-order valence-electron chi connectivity index (χ1n) is 5.85. The van der Waals surface area contributed by atoms with Gasteiger partial charge < -0.3 is 5.73 Å². The molecular formula is C11H11ClN4O2S2. The standard InChI is InChI=1S/C11H11ClN4O2S2/c12-8-3-7(4-14-10(8)13)20(17,18)16-11-15-9(5-19-11)6-1-2-6/h3-6H,1-2H2,(H2,13,14)(H,15,16). The van der Waals surface area contributed by atoms with Gasteiger partial charge in [0, 0.05) is 17.5 Å². The highest BCUT2D eigenvalue weighted by Gasteiger charge is 2.27. The molecule has 0 amide bonds. The third kappa shape index (κ3) is 2.72. The lowest BCUT2D eigenvalue weighted by Crippen LogP contribution is -2.13. The predicted molar refractivity (Wildman–Crippen MR) is 78.6 cm³/mol. The van der Waals surface area contributed by atoms with Crippen molar-refractivity contribution in [1.82, 2.24) is 9.97 Å². The Morgan fingerprint density at radius 3 is 2.85 bits per heavy atom. The molecule has 0 aromatic carbocycles. The van der Waals surface area contributed by atoms with Gasteiger partial charge in [0.2, 0.25) is 0 Å². The zero-order chi connectivity index (χ0) is 14.3. The van der Waals surface area contributed by atoms with Crippen molar-refractivity contribution >= 4 is 43.9 Å². The number of sulfonamides is 1. The highest BCUT2D eigenvalue weighted by Crippen LogP contribution is 2.41. The fourth-order valence-electron chi connectivity index (χ4n) is 1.65. The normalized spacial score (nSPS) is 15.2. The maximum atomic E-state index is 12.2. The van der Waals surface area contributed by atoms with Gasteiger partial charge in [0.1, 0.15) is 10.7 Å². The fourth-order valence-corrected chi connectivity index (χ4v) is 3.90. The molecule has 0 unspecified atom stereocenters. The molecule has 2 heterocycles. The topological polar surface area (TPSA) is 98.0 Å². The van der Waals surface area contributed by atoms with Crippen molar-refractivity contribution in [2.75, 3.05) is 10.5 Å². The smallest absolute Gasteiger partial charge is 0.265 e. The first-order chi connectivity index (χ1) is 9.45. The SMILES string of the molecule is Nc1ncc(S(=O)(=O)Nc2nc(C3CC3)cs2)cc1Cl. The monoisotopic (exact) mass is 330 g/mol. The van der Waals surface area contributed by atoms with Gasteiger partial charge in [0.25, 0.3) is 10.0 Å². The van der Waals surface area contributed by atoms with Gasteiger partial charge in [-0.3, -0.25) is 4.72 Å². The number of nitrogens with one attached hydrogen (secondary N) is 1. The van der Waals surface area contributed by atoms with Crippen LogP contribution in [0.3, 0.4) is 0 Å². The van der Waals surface area contributed by atoms with Crippen LogP contribution in [0.15, 0.2) is 22.5 Å². The molecule has 1 aliphatic carbocycles. The molecule has 3 N–H and O–H groups in total. The van der Waals surface area contributed by atoms with Crippen LogP contribution in [0.1, 0.15) is 24.5 Å². The zero-order valence-electron chi connectivity index (χ0n) is 10.2. The van der Waals surface area contributed by atoms with Crippen LogP contribution in [0.4, 0.5) is 10.9 Å². The number of aromatic nitrogens is 2. The maximum absolute atomic E-state index is 12.2. The van der Waals surface area contributed by atoms with E-state index >= 15 is 0 Å². The Labute approximate surface area is 125 Å². The highest BCUT2D eigenvalue weighted by molar-refractivity contribution is 7.93. The second-order valence-corrected chi connectivity index (χ2v) is 7.44. The second kappa shape index (κ2) is 4.87. The van der Waals surface area contributed by atoms with Crippen LogP contribution in [0, 0.1) is 0 Å². The Balaban J connectivity index is 1.84. The van der Waals surface area contributed by atoms with Crippen LogP contribution in [-0.2, 0) is 10.0 Å². The van der Waals surface area contributed by atoms with Crippen molar-refractivity contribution in [2.45, 2.75) is 23.7 Å². The van der Waals surface area contributed by atoms with Crippen LogP contribution in [0.5, 0.6) is 0 Å². The first kappa shape index (κ1) is 13.6. The molecule has 1 saturated carbocycles. The van der Waals surface area contributed by atoms with E-state index in [1.54, 1.807) is 0 Å². The van der Waals surface area contributed by atoms with Crippen LogP contribution in [0.25, 0.3) is 0 Å². The summed E-state index contributed by atoms with van der Waals surface area (Å²) in [7, 11) is -3.75. The molecule has 9 heteroatoms. The summed E-state index contributed by atoms with van der Waals surface area (Å²) in [5, 5.41) is 2.33. The number of thiazole rings is 1. The van der Waals surface area contributed by atoms with Crippen LogP contribution in [0.2, 0.25) is 5.02 Å². The van der Waals surface area contributed by atoms with E-state index in [1.807, 2.05) is 5.38 Å². The minimum atomic E-state index is -3.75. The predicted octanol–water partition coefficient (Wildman–Crippen LogP) is 2.45. The molecule has 20 heavy (non-hydrogen) atoms. The van der Waals surface area contributed by atoms with Gasteiger partial charge in [-0.15, -0.1) is 11.3 Å². The number of nitrogens with two attached hydrogens (primary N) is 1. The molecule has 106 valence electrons. The summed E-state index contributed by atoms with van der Waals surface area (Å²) in [5.74, 6) is 0.577. The molecule has 2 aromatic rings. The molecule has 0 spiro atoms. The zero-order valence-corrected chi connectivity index (χ0v) is 12.6. The minimum Gasteiger partial charge on any atom is -0.382 e. The third-order valence-electron chi connectivity index (χ3n) is 2.89. The minimum absolute atomic E-state index is 0.0418. The molecule has 1 aliphatic rings. The van der Waals surface area contributed by atoms with Gasteiger partial charge in [-0.25, -0.2) is 18.4 Å². The van der Waals surface area contributed by atoms with Crippen molar-refractivity contribution < 1.29 is 8.42 Å². The summed E-state index contributed by atoms with van der Waals surface area (Å²) in [5.41, 5.74) is 6.41. The van der Waals surface area contributed by atoms with Crippen molar-refractivity contribution in [3.63, 3.8) is 0 Å². The Hall–Kier alpha value is -1.38. The molecule has 3 rings (SSSR count). The van der Waals surface area contributed by atoms with Gasteiger partial charge in [0.15, 0.2) is 5.13 Å². The largest absolute Gasteiger partial charge is 0.382 e. The number of nitrogen functional groups attached to an aromatic ring is 1. The summed E-state index contributed by atoms with van der Waals surface area (Å²) in [4.78, 5) is 7.97. The van der Waals surface area contributed by atoms with Crippen molar-refractivity contribution in [3.05, 3.63) is 28.4 Å². The van der Waals surface area contributed by atoms with Gasteiger partial charge in [-0.1, -0.05) is 11.6 Å². The Bertz CT molecular complexity index is 756. The van der Waals surface area contributed by atoms with Crippen LogP contribution < -0.4 is 10.5 Å². The second-order valence-electron chi connectivity index (χ2n) is 4.50. The summed E-state index contributed by atoms with van der Waals surface area (Å²) in [6.07, 6.45) is 3.40. The maximum Gasteiger partial charge on any atom is 0.265 e.